The molecule has 13 heteroatoms. The van der Waals surface area contributed by atoms with Crippen molar-refractivity contribution in [2.75, 3.05) is 6.26 Å². The molecule has 0 unspecified atom stereocenters. The van der Waals surface area contributed by atoms with Crippen LogP contribution in [0.15, 0.2) is 17.7 Å². The topological polar surface area (TPSA) is 98.2 Å². The van der Waals surface area contributed by atoms with Gasteiger partial charge in [-0.2, -0.15) is 4.98 Å². The molecule has 170 valence electrons. The molecule has 0 radical (unpaired) electrons. The lowest BCUT2D eigenvalue weighted by molar-refractivity contribution is 0.0943. The highest BCUT2D eigenvalue weighted by Gasteiger charge is 2.24. The fourth-order valence-corrected chi connectivity index (χ4v) is 3.79. The molecule has 33 heavy (non-hydrogen) atoms. The zero-order valence-electron chi connectivity index (χ0n) is 21.2. The minimum Gasteiger partial charge on any atom is -0.439 e. The molecule has 0 aliphatic rings. The van der Waals surface area contributed by atoms with Gasteiger partial charge in [-0.1, -0.05) is 48.7 Å². The quantitative estimate of drug-likeness (QED) is 0.430. The van der Waals surface area contributed by atoms with Crippen LogP contribution >= 0.6 is 0 Å². The Labute approximate surface area is 201 Å². The van der Waals surface area contributed by atoms with Gasteiger partial charge in [0, 0.05) is 29.3 Å². The molecule has 1 aromatic carbocycles. The van der Waals surface area contributed by atoms with E-state index >= 15 is 0 Å². The van der Waals surface area contributed by atoms with Gasteiger partial charge >= 0.3 is 0 Å². The number of aromatic nitrogens is 2. The molecule has 0 aliphatic heterocycles. The van der Waals surface area contributed by atoms with Gasteiger partial charge in [0.05, 0.1) is 0 Å². The molecule has 1 atom stereocenters. The molecular weight excluding hydrogens is 432 g/mol. The van der Waals surface area contributed by atoms with Gasteiger partial charge in [0.1, 0.15) is 56.4 Å². The molecule has 1 heterocycles. The lowest BCUT2D eigenvalue weighted by Crippen LogP contribution is -2.54. The Morgan fingerprint density at radius 3 is 2.06 bits per heavy atom. The van der Waals surface area contributed by atoms with Crippen molar-refractivity contribution in [2.45, 2.75) is 39.2 Å². The molecule has 0 saturated heterocycles. The van der Waals surface area contributed by atoms with Crippen molar-refractivity contribution in [3.8, 4) is 11.6 Å². The van der Waals surface area contributed by atoms with Crippen LogP contribution in [-0.4, -0.2) is 75.8 Å². The number of nitrogens with one attached hydrogen (secondary N) is 1. The summed E-state index contributed by atoms with van der Waals surface area (Å²) in [5.41, 5.74) is 5.27. The first kappa shape index (κ1) is 26.8. The van der Waals surface area contributed by atoms with Crippen LogP contribution in [0.25, 0.3) is 0 Å². The summed E-state index contributed by atoms with van der Waals surface area (Å²) in [6.07, 6.45) is 3.97. The van der Waals surface area contributed by atoms with Crippen LogP contribution in [0.3, 0.4) is 0 Å². The number of carbonyl (C=O) groups excluding carboxylic acids is 1. The van der Waals surface area contributed by atoms with Crippen LogP contribution in [0.2, 0.25) is 0 Å². The first-order valence-corrected chi connectivity index (χ1v) is 12.8. The first-order chi connectivity index (χ1) is 15.0. The van der Waals surface area contributed by atoms with E-state index in [2.05, 4.69) is 23.1 Å². The Balaban J connectivity index is 2.55. The average Bonchev–Trinajstić information content (AvgIpc) is 2.71. The van der Waals surface area contributed by atoms with Gasteiger partial charge in [-0.05, 0) is 6.92 Å². The molecule has 0 fully saturated rings. The smallest absolute Gasteiger partial charge is 0.258 e. The van der Waals surface area contributed by atoms with Crippen LogP contribution in [0.4, 0.5) is 0 Å². The second-order valence-corrected chi connectivity index (χ2v) is 11.6. The summed E-state index contributed by atoms with van der Waals surface area (Å²) in [6, 6.07) is -0.519. The maximum absolute atomic E-state index is 13.1. The summed E-state index contributed by atoms with van der Waals surface area (Å²) in [5.74, 6) is 0.940. The molecule has 1 amide bonds. The average molecular weight is 463 g/mol. The van der Waals surface area contributed by atoms with E-state index in [1.165, 1.54) is 17.7 Å². The number of amides is 1. The van der Waals surface area contributed by atoms with Crippen LogP contribution in [0.1, 0.15) is 43.9 Å². The van der Waals surface area contributed by atoms with E-state index in [1.54, 1.807) is 6.92 Å². The Bertz CT molecular complexity index is 1200. The maximum atomic E-state index is 13.1. The largest absolute Gasteiger partial charge is 0.439 e. The number of nitrogens with zero attached hydrogens (tertiary/aromatic N) is 2. The number of benzene rings is 1. The Morgan fingerprint density at radius 2 is 1.58 bits per heavy atom. The molecular formula is C20H30B5N3O4S. The normalized spacial score (nSPS) is 13.1. The fourth-order valence-electron chi connectivity index (χ4n) is 3.27. The van der Waals surface area contributed by atoms with Gasteiger partial charge in [0.25, 0.3) is 5.91 Å². The maximum Gasteiger partial charge on any atom is 0.258 e. The molecule has 2 rings (SSSR count). The number of hydrogen-bond acceptors (Lipinski definition) is 6. The number of ether oxygens (including phenoxy) is 1. The SMILES string of the molecule is Bc1c(B)c(B)c(Oc2nc(C(C)(C)C)ncc2C(=O)N[C@@H](C)/C=C/S(C)(=O)=O)c(B)c1B. The second-order valence-electron chi connectivity index (χ2n) is 9.64. The zero-order valence-corrected chi connectivity index (χ0v) is 22.1. The van der Waals surface area contributed by atoms with Crippen molar-refractivity contribution in [3.63, 3.8) is 0 Å². The van der Waals surface area contributed by atoms with Crippen LogP contribution in [0.5, 0.6) is 11.6 Å². The molecule has 0 spiro atoms. The van der Waals surface area contributed by atoms with Crippen LogP contribution in [0, 0.1) is 0 Å². The van der Waals surface area contributed by atoms with E-state index in [0.717, 1.165) is 33.5 Å². The third kappa shape index (κ3) is 6.56. The van der Waals surface area contributed by atoms with E-state index in [-0.39, 0.29) is 16.9 Å². The van der Waals surface area contributed by atoms with Gasteiger partial charge in [-0.15, -0.1) is 5.46 Å². The molecule has 0 bridgehead atoms. The van der Waals surface area contributed by atoms with E-state index in [4.69, 9.17) is 4.74 Å². The molecule has 2 aromatic rings. The summed E-state index contributed by atoms with van der Waals surface area (Å²) < 4.78 is 29.1. The Kier molecular flexibility index (Phi) is 7.99. The van der Waals surface area contributed by atoms with Crippen molar-refractivity contribution in [1.29, 1.82) is 0 Å². The predicted octanol–water partition coefficient (Wildman–Crippen LogP) is -5.46. The molecule has 1 N–H and O–H groups in total. The van der Waals surface area contributed by atoms with Gasteiger partial charge in [0.2, 0.25) is 5.88 Å². The number of carbonyl (C=O) groups is 1. The van der Waals surface area contributed by atoms with Crippen LogP contribution in [-0.2, 0) is 15.3 Å². The van der Waals surface area contributed by atoms with E-state index in [0.29, 0.717) is 11.6 Å². The third-order valence-corrected chi connectivity index (χ3v) is 6.42. The lowest BCUT2D eigenvalue weighted by Gasteiger charge is -2.22. The Hall–Kier alpha value is -2.42. The fraction of sp³-hybridized carbons (Fsp3) is 0.350. The molecule has 1 aromatic heterocycles. The van der Waals surface area contributed by atoms with E-state index < -0.39 is 21.8 Å². The second kappa shape index (κ2) is 9.83. The number of sulfone groups is 1. The highest BCUT2D eigenvalue weighted by Crippen LogP contribution is 2.25. The highest BCUT2D eigenvalue weighted by molar-refractivity contribution is 7.93. The summed E-state index contributed by atoms with van der Waals surface area (Å²) in [4.78, 5) is 22.1. The van der Waals surface area contributed by atoms with Gasteiger partial charge in [-0.3, -0.25) is 4.79 Å². The van der Waals surface area contributed by atoms with Gasteiger partial charge in [0.15, 0.2) is 9.84 Å². The summed E-state index contributed by atoms with van der Waals surface area (Å²) >= 11 is 0. The summed E-state index contributed by atoms with van der Waals surface area (Å²) in [6.45, 7) is 7.65. The Morgan fingerprint density at radius 1 is 1.06 bits per heavy atom. The summed E-state index contributed by atoms with van der Waals surface area (Å²) in [5, 5.41) is 3.83. The third-order valence-electron chi connectivity index (χ3n) is 5.77. The van der Waals surface area contributed by atoms with Crippen molar-refractivity contribution < 1.29 is 17.9 Å². The molecule has 0 aliphatic carbocycles. The zero-order chi connectivity index (χ0) is 25.3. The first-order valence-electron chi connectivity index (χ1n) is 10.8. The standard InChI is InChI=1S/C20H30B5N3O4S/c1-9(6-7-33(5,30)31)27-17(29)10-8-26-19(20(2,3)4)28-18(10)32-16-14(24)12(22)11(21)13(23)15(16)25/h6-9H,21-25H2,1-5H3,(H,27,29)/b7-6+/t9-/m0/s1. The van der Waals surface area contributed by atoms with Crippen LogP contribution < -0.4 is 37.4 Å². The van der Waals surface area contributed by atoms with E-state index in [1.807, 2.05) is 52.2 Å². The highest BCUT2D eigenvalue weighted by atomic mass is 32.2. The van der Waals surface area contributed by atoms with Gasteiger partial charge in [-0.25, -0.2) is 13.4 Å². The van der Waals surface area contributed by atoms with Crippen molar-refractivity contribution in [3.05, 3.63) is 29.1 Å². The molecule has 0 saturated carbocycles. The predicted molar refractivity (Wildman–Crippen MR) is 149 cm³/mol. The van der Waals surface area contributed by atoms with Crippen molar-refractivity contribution in [2.24, 2.45) is 0 Å². The summed E-state index contributed by atoms with van der Waals surface area (Å²) in [7, 11) is 6.88. The van der Waals surface area contributed by atoms with Gasteiger partial charge < -0.3 is 10.1 Å². The minimum absolute atomic E-state index is 0.167. The van der Waals surface area contributed by atoms with Crippen molar-refractivity contribution >= 4 is 82.3 Å². The van der Waals surface area contributed by atoms with Crippen molar-refractivity contribution in [1.82, 2.24) is 15.3 Å². The minimum atomic E-state index is -3.29. The number of rotatable bonds is 6. The number of hydrogen-bond donors (Lipinski definition) is 1. The molecule has 7 nitrogen and oxygen atoms in total. The lowest BCUT2D eigenvalue weighted by atomic mass is 9.62. The monoisotopic (exact) mass is 463 g/mol. The van der Waals surface area contributed by atoms with E-state index in [9.17, 15) is 13.2 Å².